The number of aryl methyl sites for hydroxylation is 3. The monoisotopic (exact) mass is 219 g/mol. The van der Waals surface area contributed by atoms with E-state index in [1.807, 2.05) is 32.9 Å². The fourth-order valence-electron chi connectivity index (χ4n) is 1.73. The highest BCUT2D eigenvalue weighted by molar-refractivity contribution is 5.22. The number of hydrogen-bond donors (Lipinski definition) is 2. The van der Waals surface area contributed by atoms with E-state index in [1.165, 1.54) is 5.56 Å². The summed E-state index contributed by atoms with van der Waals surface area (Å²) in [5, 5.41) is 10.5. The van der Waals surface area contributed by atoms with Gasteiger partial charge in [-0.3, -0.25) is 5.10 Å². The Morgan fingerprint density at radius 2 is 2.06 bits per heavy atom. The zero-order valence-corrected chi connectivity index (χ0v) is 9.92. The predicted octanol–water partition coefficient (Wildman–Crippen LogP) is 2.22. The molecule has 0 aliphatic carbocycles. The minimum atomic E-state index is 0.748. The second-order valence-corrected chi connectivity index (χ2v) is 4.03. The van der Waals surface area contributed by atoms with Gasteiger partial charge in [-0.2, -0.15) is 5.10 Å². The van der Waals surface area contributed by atoms with Crippen LogP contribution in [0, 0.1) is 20.8 Å². The van der Waals surface area contributed by atoms with E-state index in [0.29, 0.717) is 0 Å². The van der Waals surface area contributed by atoms with Crippen LogP contribution in [0.25, 0.3) is 0 Å². The molecule has 16 heavy (non-hydrogen) atoms. The first-order chi connectivity index (χ1) is 7.66. The average Bonchev–Trinajstić information content (AvgIpc) is 2.78. The van der Waals surface area contributed by atoms with E-state index in [0.717, 1.165) is 36.0 Å². The number of nitrogens with zero attached hydrogens (tertiary/aromatic N) is 1. The molecule has 0 saturated carbocycles. The minimum absolute atomic E-state index is 0.748. The average molecular weight is 219 g/mol. The molecule has 0 saturated heterocycles. The summed E-state index contributed by atoms with van der Waals surface area (Å²) >= 11 is 0. The standard InChI is InChI=1S/C12H17N3O/c1-8-4-5-11(16-8)6-13-7-12-9(2)14-15-10(12)3/h4-5,13H,6-7H2,1-3H3,(H,14,15). The van der Waals surface area contributed by atoms with Crippen molar-refractivity contribution in [2.24, 2.45) is 0 Å². The number of aromatic amines is 1. The van der Waals surface area contributed by atoms with Crippen LogP contribution in [0.5, 0.6) is 0 Å². The first kappa shape index (κ1) is 11.0. The lowest BCUT2D eigenvalue weighted by atomic mass is 10.2. The van der Waals surface area contributed by atoms with E-state index in [2.05, 4.69) is 15.5 Å². The summed E-state index contributed by atoms with van der Waals surface area (Å²) in [5.74, 6) is 1.92. The van der Waals surface area contributed by atoms with Crippen LogP contribution in [0.1, 0.15) is 28.5 Å². The normalized spacial score (nSPS) is 10.9. The van der Waals surface area contributed by atoms with Crippen LogP contribution in [0.4, 0.5) is 0 Å². The van der Waals surface area contributed by atoms with E-state index in [1.54, 1.807) is 0 Å². The molecule has 4 heteroatoms. The molecule has 0 fully saturated rings. The van der Waals surface area contributed by atoms with Crippen LogP contribution in [-0.4, -0.2) is 10.2 Å². The van der Waals surface area contributed by atoms with Gasteiger partial charge < -0.3 is 9.73 Å². The van der Waals surface area contributed by atoms with E-state index in [9.17, 15) is 0 Å². The number of hydrogen-bond acceptors (Lipinski definition) is 3. The summed E-state index contributed by atoms with van der Waals surface area (Å²) in [6.07, 6.45) is 0. The largest absolute Gasteiger partial charge is 0.465 e. The van der Waals surface area contributed by atoms with Crippen molar-refractivity contribution < 1.29 is 4.42 Å². The zero-order chi connectivity index (χ0) is 11.5. The van der Waals surface area contributed by atoms with Gasteiger partial charge in [-0.25, -0.2) is 0 Å². The highest BCUT2D eigenvalue weighted by atomic mass is 16.3. The third-order valence-corrected chi connectivity index (χ3v) is 2.68. The number of furan rings is 1. The highest BCUT2D eigenvalue weighted by Crippen LogP contribution is 2.10. The lowest BCUT2D eigenvalue weighted by molar-refractivity contribution is 0.461. The molecule has 0 atom stereocenters. The maximum atomic E-state index is 5.48. The zero-order valence-electron chi connectivity index (χ0n) is 9.92. The van der Waals surface area contributed by atoms with Gasteiger partial charge in [-0.1, -0.05) is 0 Å². The molecule has 2 rings (SSSR count). The van der Waals surface area contributed by atoms with E-state index >= 15 is 0 Å². The van der Waals surface area contributed by atoms with Gasteiger partial charge in [0.2, 0.25) is 0 Å². The Kier molecular flexibility index (Phi) is 3.10. The lowest BCUT2D eigenvalue weighted by Gasteiger charge is -2.02. The van der Waals surface area contributed by atoms with Crippen molar-refractivity contribution in [3.63, 3.8) is 0 Å². The van der Waals surface area contributed by atoms with Crippen molar-refractivity contribution in [1.82, 2.24) is 15.5 Å². The van der Waals surface area contributed by atoms with Crippen LogP contribution in [0.2, 0.25) is 0 Å². The number of H-pyrrole nitrogens is 1. The molecule has 2 heterocycles. The van der Waals surface area contributed by atoms with Gasteiger partial charge in [0.05, 0.1) is 12.2 Å². The van der Waals surface area contributed by atoms with Crippen molar-refractivity contribution in [2.75, 3.05) is 0 Å². The van der Waals surface area contributed by atoms with Gasteiger partial charge in [-0.05, 0) is 32.9 Å². The summed E-state index contributed by atoms with van der Waals surface area (Å²) < 4.78 is 5.48. The second kappa shape index (κ2) is 4.53. The van der Waals surface area contributed by atoms with Crippen molar-refractivity contribution in [3.8, 4) is 0 Å². The molecule has 2 aromatic heterocycles. The molecule has 4 nitrogen and oxygen atoms in total. The van der Waals surface area contributed by atoms with Gasteiger partial charge in [0.25, 0.3) is 0 Å². The molecular weight excluding hydrogens is 202 g/mol. The van der Waals surface area contributed by atoms with Crippen LogP contribution in [0.3, 0.4) is 0 Å². The Morgan fingerprint density at radius 1 is 1.25 bits per heavy atom. The van der Waals surface area contributed by atoms with Gasteiger partial charge in [0.15, 0.2) is 0 Å². The maximum absolute atomic E-state index is 5.48. The molecule has 0 amide bonds. The molecular formula is C12H17N3O. The van der Waals surface area contributed by atoms with Gasteiger partial charge >= 0.3 is 0 Å². The summed E-state index contributed by atoms with van der Waals surface area (Å²) in [6.45, 7) is 7.56. The highest BCUT2D eigenvalue weighted by Gasteiger charge is 2.05. The molecule has 0 radical (unpaired) electrons. The third kappa shape index (κ3) is 2.33. The van der Waals surface area contributed by atoms with Gasteiger partial charge in [-0.15, -0.1) is 0 Å². The minimum Gasteiger partial charge on any atom is -0.465 e. The summed E-state index contributed by atoms with van der Waals surface area (Å²) in [5.41, 5.74) is 3.42. The molecule has 86 valence electrons. The molecule has 0 spiro atoms. The Morgan fingerprint density at radius 3 is 2.62 bits per heavy atom. The van der Waals surface area contributed by atoms with Crippen LogP contribution in [-0.2, 0) is 13.1 Å². The van der Waals surface area contributed by atoms with Crippen molar-refractivity contribution in [1.29, 1.82) is 0 Å². The first-order valence-electron chi connectivity index (χ1n) is 5.43. The lowest BCUT2D eigenvalue weighted by Crippen LogP contribution is -2.13. The molecule has 2 aromatic rings. The molecule has 0 bridgehead atoms. The quantitative estimate of drug-likeness (QED) is 0.829. The fourth-order valence-corrected chi connectivity index (χ4v) is 1.73. The Hall–Kier alpha value is -1.55. The van der Waals surface area contributed by atoms with Crippen LogP contribution >= 0.6 is 0 Å². The van der Waals surface area contributed by atoms with Crippen molar-refractivity contribution in [3.05, 3.63) is 40.6 Å². The molecule has 0 aromatic carbocycles. The van der Waals surface area contributed by atoms with E-state index in [-0.39, 0.29) is 0 Å². The topological polar surface area (TPSA) is 53.9 Å². The van der Waals surface area contributed by atoms with Crippen LogP contribution < -0.4 is 5.32 Å². The Bertz CT molecular complexity index is 451. The molecule has 2 N–H and O–H groups in total. The molecule has 0 aliphatic rings. The number of rotatable bonds is 4. The first-order valence-corrected chi connectivity index (χ1v) is 5.43. The summed E-state index contributed by atoms with van der Waals surface area (Å²) in [6, 6.07) is 3.97. The van der Waals surface area contributed by atoms with Crippen molar-refractivity contribution >= 4 is 0 Å². The van der Waals surface area contributed by atoms with Crippen molar-refractivity contribution in [2.45, 2.75) is 33.9 Å². The van der Waals surface area contributed by atoms with Gasteiger partial charge in [0, 0.05) is 17.8 Å². The Balaban J connectivity index is 1.89. The van der Waals surface area contributed by atoms with Gasteiger partial charge in [0.1, 0.15) is 11.5 Å². The molecule has 0 aliphatic heterocycles. The second-order valence-electron chi connectivity index (χ2n) is 4.03. The third-order valence-electron chi connectivity index (χ3n) is 2.68. The maximum Gasteiger partial charge on any atom is 0.117 e. The smallest absolute Gasteiger partial charge is 0.117 e. The Labute approximate surface area is 95.1 Å². The number of aromatic nitrogens is 2. The van der Waals surface area contributed by atoms with Crippen LogP contribution in [0.15, 0.2) is 16.5 Å². The fraction of sp³-hybridized carbons (Fsp3) is 0.417. The molecule has 0 unspecified atom stereocenters. The summed E-state index contributed by atoms with van der Waals surface area (Å²) in [4.78, 5) is 0. The predicted molar refractivity (Wildman–Crippen MR) is 62.1 cm³/mol. The number of nitrogens with one attached hydrogen (secondary N) is 2. The van der Waals surface area contributed by atoms with E-state index < -0.39 is 0 Å². The van der Waals surface area contributed by atoms with E-state index in [4.69, 9.17) is 4.42 Å². The summed E-state index contributed by atoms with van der Waals surface area (Å²) in [7, 11) is 0. The SMILES string of the molecule is Cc1ccc(CNCc2c(C)n[nH]c2C)o1.